The van der Waals surface area contributed by atoms with E-state index in [4.69, 9.17) is 5.73 Å². The number of unbranched alkanes of at least 4 members (excludes halogenated alkanes) is 1. The summed E-state index contributed by atoms with van der Waals surface area (Å²) >= 11 is 0. The summed E-state index contributed by atoms with van der Waals surface area (Å²) in [5.74, 6) is 0.923. The summed E-state index contributed by atoms with van der Waals surface area (Å²) in [6.07, 6.45) is 9.23. The molecule has 0 radical (unpaired) electrons. The van der Waals surface area contributed by atoms with Gasteiger partial charge in [-0.3, -0.25) is 0 Å². The van der Waals surface area contributed by atoms with Gasteiger partial charge in [-0.15, -0.1) is 0 Å². The monoisotopic (exact) mass is 217 g/mol. The molecule has 1 aromatic rings. The van der Waals surface area contributed by atoms with Gasteiger partial charge in [0.05, 0.1) is 0 Å². The van der Waals surface area contributed by atoms with E-state index in [2.05, 4.69) is 19.1 Å². The lowest BCUT2D eigenvalue weighted by Gasteiger charge is -2.12. The third-order valence-electron chi connectivity index (χ3n) is 3.90. The Hall–Kier alpha value is -0.980. The van der Waals surface area contributed by atoms with Crippen LogP contribution in [-0.4, -0.2) is 0 Å². The standard InChI is InChI=1S/C15H23N/c1-2-3-5-12-8-10-13-6-4-7-15(16)14(13)11-9-12/h4,6-7,12H,2-3,5,8-11,16H2,1H3. The van der Waals surface area contributed by atoms with Gasteiger partial charge in [-0.25, -0.2) is 0 Å². The zero-order valence-electron chi connectivity index (χ0n) is 10.3. The predicted molar refractivity (Wildman–Crippen MR) is 70.5 cm³/mol. The molecule has 1 heteroatoms. The average Bonchev–Trinajstić information content (AvgIpc) is 2.50. The van der Waals surface area contributed by atoms with Gasteiger partial charge in [0, 0.05) is 5.69 Å². The third-order valence-corrected chi connectivity index (χ3v) is 3.90. The zero-order valence-corrected chi connectivity index (χ0v) is 10.3. The molecule has 0 saturated carbocycles. The van der Waals surface area contributed by atoms with E-state index < -0.39 is 0 Å². The van der Waals surface area contributed by atoms with E-state index in [1.165, 1.54) is 56.1 Å². The molecule has 0 saturated heterocycles. The lowest BCUT2D eigenvalue weighted by atomic mass is 9.94. The first-order chi connectivity index (χ1) is 7.81. The largest absolute Gasteiger partial charge is 0.398 e. The Bertz CT molecular complexity index is 343. The highest BCUT2D eigenvalue weighted by Crippen LogP contribution is 2.30. The minimum absolute atomic E-state index is 0.923. The fourth-order valence-corrected chi connectivity index (χ4v) is 2.83. The first-order valence-electron chi connectivity index (χ1n) is 6.67. The summed E-state index contributed by atoms with van der Waals surface area (Å²) in [4.78, 5) is 0. The number of rotatable bonds is 3. The Morgan fingerprint density at radius 3 is 2.88 bits per heavy atom. The van der Waals surface area contributed by atoms with Gasteiger partial charge in [0.2, 0.25) is 0 Å². The molecule has 1 aliphatic rings. The molecule has 0 aliphatic heterocycles. The van der Waals surface area contributed by atoms with Gasteiger partial charge in [0.25, 0.3) is 0 Å². The first kappa shape index (κ1) is 11.5. The molecule has 0 aromatic heterocycles. The van der Waals surface area contributed by atoms with E-state index in [1.807, 2.05) is 6.07 Å². The normalized spacial score (nSPS) is 20.2. The number of nitrogens with two attached hydrogens (primary N) is 1. The Balaban J connectivity index is 2.04. The first-order valence-corrected chi connectivity index (χ1v) is 6.67. The van der Waals surface area contributed by atoms with Crippen LogP contribution in [0.4, 0.5) is 5.69 Å². The van der Waals surface area contributed by atoms with Crippen LogP contribution in [0.5, 0.6) is 0 Å². The lowest BCUT2D eigenvalue weighted by Crippen LogP contribution is -2.00. The topological polar surface area (TPSA) is 26.0 Å². The van der Waals surface area contributed by atoms with Crippen molar-refractivity contribution in [1.82, 2.24) is 0 Å². The summed E-state index contributed by atoms with van der Waals surface area (Å²) < 4.78 is 0. The molecule has 0 bridgehead atoms. The molecule has 88 valence electrons. The molecule has 0 amide bonds. The summed E-state index contributed by atoms with van der Waals surface area (Å²) in [6, 6.07) is 6.40. The average molecular weight is 217 g/mol. The third kappa shape index (κ3) is 2.58. The minimum Gasteiger partial charge on any atom is -0.398 e. The molecule has 0 fully saturated rings. The molecule has 1 nitrogen and oxygen atoms in total. The second-order valence-electron chi connectivity index (χ2n) is 5.07. The van der Waals surface area contributed by atoms with Crippen molar-refractivity contribution in [2.75, 3.05) is 5.73 Å². The van der Waals surface area contributed by atoms with Crippen LogP contribution in [0.1, 0.15) is 50.2 Å². The summed E-state index contributed by atoms with van der Waals surface area (Å²) in [5, 5.41) is 0. The van der Waals surface area contributed by atoms with E-state index in [1.54, 1.807) is 0 Å². The maximum atomic E-state index is 6.06. The Kier molecular flexibility index (Phi) is 3.87. The van der Waals surface area contributed by atoms with Crippen molar-refractivity contribution in [1.29, 1.82) is 0 Å². The van der Waals surface area contributed by atoms with Crippen molar-refractivity contribution in [2.24, 2.45) is 5.92 Å². The second-order valence-corrected chi connectivity index (χ2v) is 5.07. The number of benzene rings is 1. The summed E-state index contributed by atoms with van der Waals surface area (Å²) in [6.45, 7) is 2.28. The summed E-state index contributed by atoms with van der Waals surface area (Å²) in [5.41, 5.74) is 10.00. The van der Waals surface area contributed by atoms with Crippen LogP contribution in [0.25, 0.3) is 0 Å². The fraction of sp³-hybridized carbons (Fsp3) is 0.600. The highest BCUT2D eigenvalue weighted by molar-refractivity contribution is 5.51. The van der Waals surface area contributed by atoms with Crippen molar-refractivity contribution < 1.29 is 0 Å². The van der Waals surface area contributed by atoms with Crippen LogP contribution in [-0.2, 0) is 12.8 Å². The minimum atomic E-state index is 0.923. The smallest absolute Gasteiger partial charge is 0.0349 e. The Morgan fingerprint density at radius 1 is 1.25 bits per heavy atom. The molecule has 1 atom stereocenters. The molecular weight excluding hydrogens is 194 g/mol. The second kappa shape index (κ2) is 5.38. The van der Waals surface area contributed by atoms with E-state index >= 15 is 0 Å². The Morgan fingerprint density at radius 2 is 2.06 bits per heavy atom. The van der Waals surface area contributed by atoms with Gasteiger partial charge < -0.3 is 5.73 Å². The van der Waals surface area contributed by atoms with Crippen LogP contribution in [0.2, 0.25) is 0 Å². The van der Waals surface area contributed by atoms with Gasteiger partial charge in [-0.2, -0.15) is 0 Å². The zero-order chi connectivity index (χ0) is 11.4. The molecule has 0 spiro atoms. The van der Waals surface area contributed by atoms with Crippen LogP contribution in [0.15, 0.2) is 18.2 Å². The SMILES string of the molecule is CCCCC1CCc2cccc(N)c2CC1. The molecule has 1 unspecified atom stereocenters. The maximum absolute atomic E-state index is 6.06. The van der Waals surface area contributed by atoms with Crippen LogP contribution < -0.4 is 5.73 Å². The molecule has 1 aromatic carbocycles. The molecule has 2 N–H and O–H groups in total. The number of nitrogen functional groups attached to an aromatic ring is 1. The summed E-state index contributed by atoms with van der Waals surface area (Å²) in [7, 11) is 0. The van der Waals surface area contributed by atoms with Crippen LogP contribution >= 0.6 is 0 Å². The highest BCUT2D eigenvalue weighted by Gasteiger charge is 2.16. The molecule has 0 heterocycles. The van der Waals surface area contributed by atoms with Gasteiger partial charge in [-0.05, 0) is 48.8 Å². The van der Waals surface area contributed by atoms with Crippen molar-refractivity contribution in [3.8, 4) is 0 Å². The number of aryl methyl sites for hydroxylation is 1. The van der Waals surface area contributed by atoms with Gasteiger partial charge >= 0.3 is 0 Å². The van der Waals surface area contributed by atoms with Gasteiger partial charge in [0.1, 0.15) is 0 Å². The van der Waals surface area contributed by atoms with Gasteiger partial charge in [0.15, 0.2) is 0 Å². The number of hydrogen-bond acceptors (Lipinski definition) is 1. The highest BCUT2D eigenvalue weighted by atomic mass is 14.6. The predicted octanol–water partition coefficient (Wildman–Crippen LogP) is 3.95. The molecule has 1 aliphatic carbocycles. The van der Waals surface area contributed by atoms with E-state index in [0.717, 1.165) is 11.6 Å². The number of anilines is 1. The molecule has 16 heavy (non-hydrogen) atoms. The number of hydrogen-bond donors (Lipinski definition) is 1. The van der Waals surface area contributed by atoms with E-state index in [-0.39, 0.29) is 0 Å². The van der Waals surface area contributed by atoms with Crippen LogP contribution in [0, 0.1) is 5.92 Å². The Labute approximate surface area is 99.0 Å². The maximum Gasteiger partial charge on any atom is 0.0349 e. The fourth-order valence-electron chi connectivity index (χ4n) is 2.83. The number of fused-ring (bicyclic) bond motifs is 1. The van der Waals surface area contributed by atoms with Crippen molar-refractivity contribution in [3.05, 3.63) is 29.3 Å². The lowest BCUT2D eigenvalue weighted by molar-refractivity contribution is 0.417. The molecule has 2 rings (SSSR count). The van der Waals surface area contributed by atoms with E-state index in [0.29, 0.717) is 0 Å². The van der Waals surface area contributed by atoms with Gasteiger partial charge in [-0.1, -0.05) is 38.3 Å². The van der Waals surface area contributed by atoms with Crippen LogP contribution in [0.3, 0.4) is 0 Å². The van der Waals surface area contributed by atoms with Crippen molar-refractivity contribution >= 4 is 5.69 Å². The van der Waals surface area contributed by atoms with E-state index in [9.17, 15) is 0 Å². The quantitative estimate of drug-likeness (QED) is 0.602. The molecular formula is C15H23N. The van der Waals surface area contributed by atoms with Crippen molar-refractivity contribution in [2.45, 2.75) is 51.9 Å². The van der Waals surface area contributed by atoms with Crippen molar-refractivity contribution in [3.63, 3.8) is 0 Å².